The maximum absolute atomic E-state index is 12.6. The van der Waals surface area contributed by atoms with E-state index in [9.17, 15) is 8.42 Å². The molecule has 0 radical (unpaired) electrons. The molecule has 2 rings (SSSR count). The Hall–Kier alpha value is -1.15. The van der Waals surface area contributed by atoms with Crippen LogP contribution in [0.15, 0.2) is 23.1 Å². The molecule has 0 bridgehead atoms. The molecule has 118 valence electrons. The standard InChI is InChI=1S/C14H23N3O3S/c1-15-9-11-4-5-13(20-3)14(8-11)21(18,19)16-12-6-7-17(2)10-12/h4-5,8,12,15-16H,6-7,9-10H2,1-3H3. The summed E-state index contributed by atoms with van der Waals surface area (Å²) in [6.07, 6.45) is 0.828. The van der Waals surface area contributed by atoms with Gasteiger partial charge in [-0.15, -0.1) is 0 Å². The molecule has 1 aromatic rings. The number of methoxy groups -OCH3 is 1. The van der Waals surface area contributed by atoms with Crippen molar-refractivity contribution in [2.75, 3.05) is 34.3 Å². The lowest BCUT2D eigenvalue weighted by Crippen LogP contribution is -2.36. The molecule has 2 N–H and O–H groups in total. The molecule has 1 atom stereocenters. The number of hydrogen-bond acceptors (Lipinski definition) is 5. The second-order valence-corrected chi connectivity index (χ2v) is 7.07. The van der Waals surface area contributed by atoms with E-state index in [1.54, 1.807) is 12.1 Å². The van der Waals surface area contributed by atoms with E-state index in [1.807, 2.05) is 20.2 Å². The van der Waals surface area contributed by atoms with Crippen molar-refractivity contribution in [1.29, 1.82) is 0 Å². The summed E-state index contributed by atoms with van der Waals surface area (Å²) in [5, 5.41) is 3.02. The Balaban J connectivity index is 2.27. The first-order valence-corrected chi connectivity index (χ1v) is 8.47. The summed E-state index contributed by atoms with van der Waals surface area (Å²) < 4.78 is 33.2. The number of hydrogen-bond donors (Lipinski definition) is 2. The highest BCUT2D eigenvalue weighted by Gasteiger charge is 2.27. The maximum atomic E-state index is 12.6. The topological polar surface area (TPSA) is 70.7 Å². The van der Waals surface area contributed by atoms with Gasteiger partial charge in [-0.1, -0.05) is 6.07 Å². The van der Waals surface area contributed by atoms with Gasteiger partial charge in [0.15, 0.2) is 0 Å². The highest BCUT2D eigenvalue weighted by molar-refractivity contribution is 7.89. The van der Waals surface area contributed by atoms with Crippen molar-refractivity contribution < 1.29 is 13.2 Å². The highest BCUT2D eigenvalue weighted by Crippen LogP contribution is 2.25. The quantitative estimate of drug-likeness (QED) is 0.795. The van der Waals surface area contributed by atoms with E-state index >= 15 is 0 Å². The van der Waals surface area contributed by atoms with Crippen molar-refractivity contribution >= 4 is 10.0 Å². The molecule has 0 saturated carbocycles. The Kier molecular flexibility index (Phi) is 5.21. The van der Waals surface area contributed by atoms with E-state index in [2.05, 4.69) is 14.9 Å². The SMILES string of the molecule is CNCc1ccc(OC)c(S(=O)(=O)NC2CCN(C)C2)c1. The molecule has 1 aliphatic heterocycles. The van der Waals surface area contributed by atoms with Crippen LogP contribution in [0, 0.1) is 0 Å². The van der Waals surface area contributed by atoms with E-state index in [0.29, 0.717) is 12.3 Å². The zero-order chi connectivity index (χ0) is 15.5. The zero-order valence-corrected chi connectivity index (χ0v) is 13.5. The molecular formula is C14H23N3O3S. The number of rotatable bonds is 6. The molecule has 1 aromatic carbocycles. The fourth-order valence-electron chi connectivity index (χ4n) is 2.56. The molecule has 1 saturated heterocycles. The van der Waals surface area contributed by atoms with Crippen molar-refractivity contribution in [3.05, 3.63) is 23.8 Å². The Morgan fingerprint density at radius 3 is 2.76 bits per heavy atom. The van der Waals surface area contributed by atoms with Crippen molar-refractivity contribution in [3.63, 3.8) is 0 Å². The fourth-order valence-corrected chi connectivity index (χ4v) is 4.04. The van der Waals surface area contributed by atoms with Gasteiger partial charge in [0.25, 0.3) is 0 Å². The molecule has 1 unspecified atom stereocenters. The Morgan fingerprint density at radius 2 is 2.19 bits per heavy atom. The Labute approximate surface area is 126 Å². The molecule has 1 aliphatic rings. The number of sulfonamides is 1. The number of likely N-dealkylation sites (N-methyl/N-ethyl adjacent to an activating group) is 1. The molecule has 0 amide bonds. The fraction of sp³-hybridized carbons (Fsp3) is 0.571. The van der Waals surface area contributed by atoms with E-state index < -0.39 is 10.0 Å². The average molecular weight is 313 g/mol. The minimum Gasteiger partial charge on any atom is -0.495 e. The van der Waals surface area contributed by atoms with Gasteiger partial charge in [0.2, 0.25) is 10.0 Å². The number of benzene rings is 1. The molecule has 6 nitrogen and oxygen atoms in total. The minimum absolute atomic E-state index is 0.0438. The number of ether oxygens (including phenoxy) is 1. The highest BCUT2D eigenvalue weighted by atomic mass is 32.2. The van der Waals surface area contributed by atoms with Crippen molar-refractivity contribution in [2.24, 2.45) is 0 Å². The number of likely N-dealkylation sites (tertiary alicyclic amines) is 1. The van der Waals surface area contributed by atoms with Crippen molar-refractivity contribution in [1.82, 2.24) is 14.9 Å². The van der Waals surface area contributed by atoms with Crippen LogP contribution >= 0.6 is 0 Å². The van der Waals surface area contributed by atoms with Gasteiger partial charge in [-0.25, -0.2) is 13.1 Å². The molecule has 7 heteroatoms. The maximum Gasteiger partial charge on any atom is 0.244 e. The van der Waals surface area contributed by atoms with E-state index in [-0.39, 0.29) is 10.9 Å². The predicted molar refractivity (Wildman–Crippen MR) is 82.0 cm³/mol. The molecule has 1 heterocycles. The van der Waals surface area contributed by atoms with Crippen LogP contribution in [0.25, 0.3) is 0 Å². The molecule has 21 heavy (non-hydrogen) atoms. The van der Waals surface area contributed by atoms with Crippen molar-refractivity contribution in [2.45, 2.75) is 23.9 Å². The van der Waals surface area contributed by atoms with Gasteiger partial charge in [-0.3, -0.25) is 0 Å². The van der Waals surface area contributed by atoms with Crippen LogP contribution < -0.4 is 14.8 Å². The van der Waals surface area contributed by atoms with Gasteiger partial charge in [-0.05, 0) is 44.8 Å². The lowest BCUT2D eigenvalue weighted by Gasteiger charge is -2.16. The van der Waals surface area contributed by atoms with Gasteiger partial charge in [-0.2, -0.15) is 0 Å². The molecule has 1 fully saturated rings. The Morgan fingerprint density at radius 1 is 1.43 bits per heavy atom. The first-order chi connectivity index (χ1) is 9.96. The summed E-state index contributed by atoms with van der Waals surface area (Å²) >= 11 is 0. The summed E-state index contributed by atoms with van der Waals surface area (Å²) in [7, 11) is 1.71. The smallest absolute Gasteiger partial charge is 0.244 e. The monoisotopic (exact) mass is 313 g/mol. The molecule has 0 aliphatic carbocycles. The third kappa shape index (κ3) is 3.94. The second-order valence-electron chi connectivity index (χ2n) is 5.38. The van der Waals surface area contributed by atoms with E-state index in [1.165, 1.54) is 7.11 Å². The van der Waals surface area contributed by atoms with Gasteiger partial charge in [0.05, 0.1) is 7.11 Å². The van der Waals surface area contributed by atoms with Crippen LogP contribution in [0.1, 0.15) is 12.0 Å². The predicted octanol–water partition coefficient (Wildman–Crippen LogP) is 0.397. The van der Waals surface area contributed by atoms with Crippen LogP contribution in [-0.4, -0.2) is 53.7 Å². The number of nitrogens with one attached hydrogen (secondary N) is 2. The molecular weight excluding hydrogens is 290 g/mol. The van der Waals surface area contributed by atoms with Gasteiger partial charge in [0, 0.05) is 19.1 Å². The molecule has 0 aromatic heterocycles. The van der Waals surface area contributed by atoms with Gasteiger partial charge < -0.3 is 15.0 Å². The van der Waals surface area contributed by atoms with Crippen LogP contribution in [0.2, 0.25) is 0 Å². The largest absolute Gasteiger partial charge is 0.495 e. The van der Waals surface area contributed by atoms with E-state index in [4.69, 9.17) is 4.74 Å². The lowest BCUT2D eigenvalue weighted by molar-refractivity contribution is 0.399. The zero-order valence-electron chi connectivity index (χ0n) is 12.7. The summed E-state index contributed by atoms with van der Waals surface area (Å²) in [4.78, 5) is 2.31. The Bertz CT molecular complexity index is 589. The van der Waals surface area contributed by atoms with Crippen LogP contribution in [0.3, 0.4) is 0 Å². The van der Waals surface area contributed by atoms with Crippen molar-refractivity contribution in [3.8, 4) is 5.75 Å². The molecule has 0 spiro atoms. The number of nitrogens with zero attached hydrogens (tertiary/aromatic N) is 1. The second kappa shape index (κ2) is 6.74. The summed E-state index contributed by atoms with van der Waals surface area (Å²) in [6, 6.07) is 5.17. The van der Waals surface area contributed by atoms with Crippen LogP contribution in [0.4, 0.5) is 0 Å². The van der Waals surface area contributed by atoms with Gasteiger partial charge >= 0.3 is 0 Å². The third-order valence-electron chi connectivity index (χ3n) is 3.61. The normalized spacial score (nSPS) is 19.9. The first kappa shape index (κ1) is 16.2. The summed E-state index contributed by atoms with van der Waals surface area (Å²) in [6.45, 7) is 2.25. The van der Waals surface area contributed by atoms with Crippen LogP contribution in [-0.2, 0) is 16.6 Å². The van der Waals surface area contributed by atoms with Crippen LogP contribution in [0.5, 0.6) is 5.75 Å². The lowest BCUT2D eigenvalue weighted by atomic mass is 10.2. The summed E-state index contributed by atoms with van der Waals surface area (Å²) in [5.74, 6) is 0.369. The average Bonchev–Trinajstić information content (AvgIpc) is 2.83. The van der Waals surface area contributed by atoms with Gasteiger partial charge in [0.1, 0.15) is 10.6 Å². The third-order valence-corrected chi connectivity index (χ3v) is 5.15. The first-order valence-electron chi connectivity index (χ1n) is 6.98. The van der Waals surface area contributed by atoms with E-state index in [0.717, 1.165) is 25.1 Å². The minimum atomic E-state index is -3.58. The summed E-state index contributed by atoms with van der Waals surface area (Å²) in [5.41, 5.74) is 0.905.